The van der Waals surface area contributed by atoms with E-state index in [9.17, 15) is 13.2 Å². The van der Waals surface area contributed by atoms with E-state index in [0.717, 1.165) is 0 Å². The molecular formula is C6HBrF3N2+. The Balaban J connectivity index is 3.54. The van der Waals surface area contributed by atoms with Gasteiger partial charge in [-0.2, -0.15) is 4.39 Å². The van der Waals surface area contributed by atoms with Crippen LogP contribution in [0.25, 0.3) is 4.98 Å². The minimum absolute atomic E-state index is 0.301. The predicted octanol–water partition coefficient (Wildman–Crippen LogP) is 3.35. The number of hydrogen-bond donors (Lipinski definition) is 0. The van der Waals surface area contributed by atoms with Crippen LogP contribution in [0.5, 0.6) is 0 Å². The molecule has 0 unspecified atom stereocenters. The van der Waals surface area contributed by atoms with E-state index in [4.69, 9.17) is 5.39 Å². The molecule has 0 spiro atoms. The molecule has 62 valence electrons. The van der Waals surface area contributed by atoms with Crippen LogP contribution in [0, 0.1) is 22.8 Å². The molecule has 6 heteroatoms. The summed E-state index contributed by atoms with van der Waals surface area (Å²) in [4.78, 5) is 2.44. The van der Waals surface area contributed by atoms with Gasteiger partial charge in [-0.05, 0) is 15.9 Å². The van der Waals surface area contributed by atoms with E-state index < -0.39 is 27.6 Å². The Morgan fingerprint density at radius 1 is 1.25 bits per heavy atom. The second-order valence-corrected chi connectivity index (χ2v) is 2.71. The van der Waals surface area contributed by atoms with Crippen LogP contribution in [0.3, 0.4) is 0 Å². The lowest BCUT2D eigenvalue weighted by Crippen LogP contribution is -1.88. The highest BCUT2D eigenvalue weighted by molar-refractivity contribution is 9.10. The van der Waals surface area contributed by atoms with E-state index in [0.29, 0.717) is 6.07 Å². The maximum atomic E-state index is 12.6. The van der Waals surface area contributed by atoms with Crippen molar-refractivity contribution in [2.45, 2.75) is 0 Å². The minimum atomic E-state index is -1.34. The summed E-state index contributed by atoms with van der Waals surface area (Å²) in [5, 5.41) is 8.18. The fourth-order valence-electron chi connectivity index (χ4n) is 0.648. The molecule has 0 aliphatic heterocycles. The highest BCUT2D eigenvalue weighted by Crippen LogP contribution is 2.32. The molecule has 0 amide bonds. The Bertz CT molecular complexity index is 372. The maximum absolute atomic E-state index is 12.6. The Hall–Kier alpha value is -1.09. The van der Waals surface area contributed by atoms with Crippen molar-refractivity contribution in [1.82, 2.24) is 0 Å². The van der Waals surface area contributed by atoms with Crippen LogP contribution in [0.1, 0.15) is 0 Å². The lowest BCUT2D eigenvalue weighted by Gasteiger charge is -1.92. The zero-order valence-electron chi connectivity index (χ0n) is 5.48. The van der Waals surface area contributed by atoms with E-state index in [-0.39, 0.29) is 0 Å². The quantitative estimate of drug-likeness (QED) is 0.387. The van der Waals surface area contributed by atoms with Gasteiger partial charge in [0.2, 0.25) is 11.2 Å². The summed E-state index contributed by atoms with van der Waals surface area (Å²) in [6.07, 6.45) is 0. The molecule has 0 saturated carbocycles. The van der Waals surface area contributed by atoms with Crippen molar-refractivity contribution in [2.24, 2.45) is 0 Å². The molecule has 1 rings (SSSR count). The van der Waals surface area contributed by atoms with Crippen LogP contribution in [-0.2, 0) is 0 Å². The largest absolute Gasteiger partial charge is 0.437 e. The van der Waals surface area contributed by atoms with Crippen LogP contribution in [0.15, 0.2) is 10.5 Å². The third kappa shape index (κ3) is 1.28. The topological polar surface area (TPSA) is 28.1 Å². The van der Waals surface area contributed by atoms with Gasteiger partial charge in [-0.1, -0.05) is 0 Å². The van der Waals surface area contributed by atoms with Crippen molar-refractivity contribution < 1.29 is 13.2 Å². The summed E-state index contributed by atoms with van der Waals surface area (Å²) in [6.45, 7) is 0. The Kier molecular flexibility index (Phi) is 2.33. The minimum Gasteiger partial charge on any atom is -0.204 e. The maximum Gasteiger partial charge on any atom is 0.437 e. The summed E-state index contributed by atoms with van der Waals surface area (Å²) < 4.78 is 37.0. The van der Waals surface area contributed by atoms with Crippen molar-refractivity contribution in [3.05, 3.63) is 33.0 Å². The second kappa shape index (κ2) is 3.11. The van der Waals surface area contributed by atoms with Crippen molar-refractivity contribution in [2.75, 3.05) is 0 Å². The average Bonchev–Trinajstić information content (AvgIpc) is 2.01. The number of diazo groups is 1. The van der Waals surface area contributed by atoms with Gasteiger partial charge in [-0.25, -0.2) is 8.78 Å². The van der Waals surface area contributed by atoms with Gasteiger partial charge in [0.15, 0.2) is 21.1 Å². The number of nitrogens with zero attached hydrogens (tertiary/aromatic N) is 2. The molecule has 12 heavy (non-hydrogen) atoms. The van der Waals surface area contributed by atoms with Gasteiger partial charge in [0.05, 0.1) is 0 Å². The molecular weight excluding hydrogens is 237 g/mol. The lowest BCUT2D eigenvalue weighted by atomic mass is 10.3. The monoisotopic (exact) mass is 237 g/mol. The van der Waals surface area contributed by atoms with Crippen molar-refractivity contribution >= 4 is 21.6 Å². The third-order valence-electron chi connectivity index (χ3n) is 1.19. The Labute approximate surface area is 73.8 Å². The molecule has 2 nitrogen and oxygen atoms in total. The van der Waals surface area contributed by atoms with Crippen LogP contribution in [0.2, 0.25) is 0 Å². The van der Waals surface area contributed by atoms with Gasteiger partial charge in [-0.15, -0.1) is 0 Å². The molecule has 1 aromatic carbocycles. The first-order chi connectivity index (χ1) is 5.57. The molecule has 0 aliphatic carbocycles. The third-order valence-corrected chi connectivity index (χ3v) is 1.91. The first-order valence-electron chi connectivity index (χ1n) is 2.76. The summed E-state index contributed by atoms with van der Waals surface area (Å²) in [7, 11) is 0. The zero-order chi connectivity index (χ0) is 9.30. The number of halogens is 4. The summed E-state index contributed by atoms with van der Waals surface area (Å²) in [5.74, 6) is -3.76. The number of rotatable bonds is 0. The van der Waals surface area contributed by atoms with Crippen LogP contribution >= 0.6 is 15.9 Å². The van der Waals surface area contributed by atoms with Crippen molar-refractivity contribution in [3.8, 4) is 0 Å². The molecule has 0 fully saturated rings. The van der Waals surface area contributed by atoms with E-state index in [2.05, 4.69) is 20.9 Å². The van der Waals surface area contributed by atoms with Gasteiger partial charge in [0.25, 0.3) is 0 Å². The molecule has 0 aromatic heterocycles. The molecule has 0 N–H and O–H groups in total. The highest BCUT2D eigenvalue weighted by atomic mass is 79.9. The zero-order valence-corrected chi connectivity index (χ0v) is 7.07. The Morgan fingerprint density at radius 3 is 2.33 bits per heavy atom. The van der Waals surface area contributed by atoms with E-state index in [1.54, 1.807) is 0 Å². The van der Waals surface area contributed by atoms with Crippen LogP contribution in [0.4, 0.5) is 18.9 Å². The van der Waals surface area contributed by atoms with Gasteiger partial charge >= 0.3 is 5.69 Å². The smallest absolute Gasteiger partial charge is 0.204 e. The van der Waals surface area contributed by atoms with Gasteiger partial charge in [0.1, 0.15) is 0 Å². The van der Waals surface area contributed by atoms with E-state index in [1.165, 1.54) is 0 Å². The van der Waals surface area contributed by atoms with E-state index in [1.807, 2.05) is 0 Å². The lowest BCUT2D eigenvalue weighted by molar-refractivity contribution is 0.492. The van der Waals surface area contributed by atoms with Crippen LogP contribution < -0.4 is 0 Å². The predicted molar refractivity (Wildman–Crippen MR) is 38.8 cm³/mol. The van der Waals surface area contributed by atoms with Gasteiger partial charge < -0.3 is 0 Å². The van der Waals surface area contributed by atoms with Crippen LogP contribution in [-0.4, -0.2) is 0 Å². The first kappa shape index (κ1) is 9.00. The fourth-order valence-corrected chi connectivity index (χ4v) is 1.11. The number of benzene rings is 1. The molecule has 1 aromatic rings. The second-order valence-electron chi connectivity index (χ2n) is 1.92. The number of hydrogen-bond acceptors (Lipinski definition) is 1. The Morgan fingerprint density at radius 2 is 1.83 bits per heavy atom. The van der Waals surface area contributed by atoms with Gasteiger partial charge in [0, 0.05) is 6.07 Å². The normalized spacial score (nSPS) is 9.58. The first-order valence-corrected chi connectivity index (χ1v) is 3.55. The summed E-state index contributed by atoms with van der Waals surface area (Å²) in [6, 6.07) is 0.301. The standard InChI is InChI=1S/C6HBrF3N2/c7-4-5(10)2(8)1-3(9)6(4)12-11/h1H/q+1. The molecule has 0 atom stereocenters. The molecule has 0 radical (unpaired) electrons. The molecule has 0 saturated heterocycles. The average molecular weight is 238 g/mol. The van der Waals surface area contributed by atoms with E-state index >= 15 is 0 Å². The van der Waals surface area contributed by atoms with Crippen molar-refractivity contribution in [3.63, 3.8) is 0 Å². The molecule has 0 aliphatic rings. The molecule has 0 bridgehead atoms. The summed E-state index contributed by atoms with van der Waals surface area (Å²) >= 11 is 2.53. The van der Waals surface area contributed by atoms with Gasteiger partial charge in [-0.3, -0.25) is 0 Å². The molecule has 0 heterocycles. The SMILES string of the molecule is N#[N+]c1c(F)cc(F)c(F)c1Br. The fraction of sp³-hybridized carbons (Fsp3) is 0. The highest BCUT2D eigenvalue weighted by Gasteiger charge is 2.26. The summed E-state index contributed by atoms with van der Waals surface area (Å²) in [5.41, 5.74) is -0.658. The van der Waals surface area contributed by atoms with Crippen molar-refractivity contribution in [1.29, 1.82) is 5.39 Å².